The fourth-order valence-electron chi connectivity index (χ4n) is 1.71. The molecule has 0 amide bonds. The molecule has 1 aliphatic rings. The number of piperidine rings is 1. The van der Waals surface area contributed by atoms with E-state index >= 15 is 0 Å². The van der Waals surface area contributed by atoms with Gasteiger partial charge in [-0.3, -0.25) is 0 Å². The van der Waals surface area contributed by atoms with Crippen molar-refractivity contribution < 1.29 is 5.11 Å². The minimum atomic E-state index is -0.562. The number of aliphatic hydroxyl groups is 1. The van der Waals surface area contributed by atoms with Crippen molar-refractivity contribution in [2.24, 2.45) is 11.1 Å². The average molecular weight is 172 g/mol. The van der Waals surface area contributed by atoms with Gasteiger partial charge in [0.1, 0.15) is 0 Å². The highest BCUT2D eigenvalue weighted by Gasteiger charge is 2.42. The van der Waals surface area contributed by atoms with Crippen LogP contribution in [0.25, 0.3) is 0 Å². The van der Waals surface area contributed by atoms with Gasteiger partial charge >= 0.3 is 0 Å². The van der Waals surface area contributed by atoms with Gasteiger partial charge in [-0.2, -0.15) is 0 Å². The summed E-state index contributed by atoms with van der Waals surface area (Å²) in [6.45, 7) is 6.43. The summed E-state index contributed by atoms with van der Waals surface area (Å²) in [7, 11) is 0. The fourth-order valence-corrected chi connectivity index (χ4v) is 1.71. The van der Waals surface area contributed by atoms with E-state index in [-0.39, 0.29) is 5.41 Å². The largest absolute Gasteiger partial charge is 0.389 e. The van der Waals surface area contributed by atoms with Crippen molar-refractivity contribution >= 4 is 0 Å². The summed E-state index contributed by atoms with van der Waals surface area (Å²) in [4.78, 5) is 0. The third kappa shape index (κ3) is 1.63. The zero-order chi connectivity index (χ0) is 9.24. The summed E-state index contributed by atoms with van der Waals surface area (Å²) in [5.41, 5.74) is 4.92. The quantitative estimate of drug-likeness (QED) is 0.553. The second-order valence-electron chi connectivity index (χ2n) is 4.37. The zero-order valence-corrected chi connectivity index (χ0v) is 8.06. The van der Waals surface area contributed by atoms with Gasteiger partial charge in [0.2, 0.25) is 0 Å². The fraction of sp³-hybridized carbons (Fsp3) is 1.00. The summed E-state index contributed by atoms with van der Waals surface area (Å²) in [6, 6.07) is 0. The van der Waals surface area contributed by atoms with E-state index in [2.05, 4.69) is 5.32 Å². The van der Waals surface area contributed by atoms with Crippen molar-refractivity contribution in [1.82, 2.24) is 5.32 Å². The molecule has 1 rings (SSSR count). The van der Waals surface area contributed by atoms with E-state index in [9.17, 15) is 5.11 Å². The SMILES string of the molecule is CC(C)(CN)C1(O)CCNCC1. The molecule has 0 aliphatic carbocycles. The van der Waals surface area contributed by atoms with Gasteiger partial charge in [-0.05, 0) is 25.9 Å². The van der Waals surface area contributed by atoms with Gasteiger partial charge in [0.05, 0.1) is 5.60 Å². The van der Waals surface area contributed by atoms with Crippen LogP contribution in [0.2, 0.25) is 0 Å². The minimum absolute atomic E-state index is 0.158. The summed E-state index contributed by atoms with van der Waals surface area (Å²) in [5.74, 6) is 0. The maximum absolute atomic E-state index is 10.3. The summed E-state index contributed by atoms with van der Waals surface area (Å²) in [6.07, 6.45) is 1.63. The lowest BCUT2D eigenvalue weighted by atomic mass is 9.70. The molecule has 0 aromatic rings. The second kappa shape index (κ2) is 3.32. The molecule has 0 aromatic heterocycles. The lowest BCUT2D eigenvalue weighted by Crippen LogP contribution is -2.54. The van der Waals surface area contributed by atoms with E-state index in [1.54, 1.807) is 0 Å². The Kier molecular flexibility index (Phi) is 2.76. The van der Waals surface area contributed by atoms with Crippen molar-refractivity contribution in [1.29, 1.82) is 0 Å². The molecule has 0 unspecified atom stereocenters. The Balaban J connectivity index is 2.68. The number of hydrogen-bond acceptors (Lipinski definition) is 3. The first-order valence-corrected chi connectivity index (χ1v) is 4.65. The second-order valence-corrected chi connectivity index (χ2v) is 4.37. The van der Waals surface area contributed by atoms with Crippen LogP contribution in [0.5, 0.6) is 0 Å². The Morgan fingerprint density at radius 1 is 1.42 bits per heavy atom. The molecule has 3 heteroatoms. The number of nitrogens with one attached hydrogen (secondary N) is 1. The molecule has 0 saturated carbocycles. The average Bonchev–Trinajstić information content (AvgIpc) is 2.06. The Hall–Kier alpha value is -0.120. The van der Waals surface area contributed by atoms with Crippen molar-refractivity contribution in [3.63, 3.8) is 0 Å². The predicted octanol–water partition coefficient (Wildman–Crippen LogP) is 0.0858. The molecule has 0 atom stereocenters. The van der Waals surface area contributed by atoms with Gasteiger partial charge in [0.25, 0.3) is 0 Å². The van der Waals surface area contributed by atoms with Gasteiger partial charge in [-0.25, -0.2) is 0 Å². The molecule has 1 aliphatic heterocycles. The van der Waals surface area contributed by atoms with Crippen LogP contribution in [-0.4, -0.2) is 30.3 Å². The molecule has 1 fully saturated rings. The molecular formula is C9H20N2O. The molecule has 12 heavy (non-hydrogen) atoms. The van der Waals surface area contributed by atoms with Gasteiger partial charge in [-0.15, -0.1) is 0 Å². The molecule has 0 bridgehead atoms. The first kappa shape index (κ1) is 9.96. The number of rotatable bonds is 2. The van der Waals surface area contributed by atoms with Gasteiger partial charge in [-0.1, -0.05) is 13.8 Å². The monoisotopic (exact) mass is 172 g/mol. The van der Waals surface area contributed by atoms with Crippen LogP contribution < -0.4 is 11.1 Å². The molecule has 72 valence electrons. The molecule has 1 heterocycles. The van der Waals surface area contributed by atoms with Crippen LogP contribution in [0.15, 0.2) is 0 Å². The third-order valence-electron chi connectivity index (χ3n) is 3.20. The topological polar surface area (TPSA) is 58.3 Å². The predicted molar refractivity (Wildman–Crippen MR) is 49.9 cm³/mol. The molecular weight excluding hydrogens is 152 g/mol. The molecule has 0 spiro atoms. The summed E-state index contributed by atoms with van der Waals surface area (Å²) >= 11 is 0. The van der Waals surface area contributed by atoms with Crippen LogP contribution in [0.3, 0.4) is 0 Å². The van der Waals surface area contributed by atoms with E-state index in [4.69, 9.17) is 5.73 Å². The van der Waals surface area contributed by atoms with Crippen LogP contribution >= 0.6 is 0 Å². The Bertz CT molecular complexity index is 151. The van der Waals surface area contributed by atoms with E-state index in [0.29, 0.717) is 6.54 Å². The maximum Gasteiger partial charge on any atom is 0.0734 e. The van der Waals surface area contributed by atoms with E-state index in [0.717, 1.165) is 25.9 Å². The van der Waals surface area contributed by atoms with E-state index in [1.165, 1.54) is 0 Å². The van der Waals surface area contributed by atoms with Crippen molar-refractivity contribution in [2.45, 2.75) is 32.3 Å². The smallest absolute Gasteiger partial charge is 0.0734 e. The van der Waals surface area contributed by atoms with Gasteiger partial charge in [0, 0.05) is 12.0 Å². The minimum Gasteiger partial charge on any atom is -0.389 e. The van der Waals surface area contributed by atoms with Crippen molar-refractivity contribution in [3.8, 4) is 0 Å². The van der Waals surface area contributed by atoms with E-state index in [1.807, 2.05) is 13.8 Å². The number of hydrogen-bond donors (Lipinski definition) is 3. The molecule has 0 aromatic carbocycles. The summed E-state index contributed by atoms with van der Waals surface area (Å²) < 4.78 is 0. The highest BCUT2D eigenvalue weighted by atomic mass is 16.3. The lowest BCUT2D eigenvalue weighted by molar-refractivity contribution is -0.0836. The number of nitrogens with two attached hydrogens (primary N) is 1. The standard InChI is InChI=1S/C9H20N2O/c1-8(2,7-10)9(12)3-5-11-6-4-9/h11-12H,3-7,10H2,1-2H3. The molecule has 1 saturated heterocycles. The van der Waals surface area contributed by atoms with Crippen molar-refractivity contribution in [2.75, 3.05) is 19.6 Å². The highest BCUT2D eigenvalue weighted by molar-refractivity contribution is 4.96. The maximum atomic E-state index is 10.3. The first-order valence-electron chi connectivity index (χ1n) is 4.65. The first-order chi connectivity index (χ1) is 5.52. The molecule has 0 radical (unpaired) electrons. The third-order valence-corrected chi connectivity index (χ3v) is 3.20. The zero-order valence-electron chi connectivity index (χ0n) is 8.06. The Morgan fingerprint density at radius 2 is 1.92 bits per heavy atom. The van der Waals surface area contributed by atoms with Gasteiger partial charge < -0.3 is 16.2 Å². The Morgan fingerprint density at radius 3 is 2.33 bits per heavy atom. The van der Waals surface area contributed by atoms with Crippen LogP contribution in [0.1, 0.15) is 26.7 Å². The van der Waals surface area contributed by atoms with Crippen LogP contribution in [0, 0.1) is 5.41 Å². The van der Waals surface area contributed by atoms with Gasteiger partial charge in [0.15, 0.2) is 0 Å². The summed E-state index contributed by atoms with van der Waals surface area (Å²) in [5, 5.41) is 13.5. The van der Waals surface area contributed by atoms with Crippen LogP contribution in [0.4, 0.5) is 0 Å². The van der Waals surface area contributed by atoms with Crippen molar-refractivity contribution in [3.05, 3.63) is 0 Å². The van der Waals surface area contributed by atoms with Crippen LogP contribution in [-0.2, 0) is 0 Å². The highest BCUT2D eigenvalue weighted by Crippen LogP contribution is 2.36. The normalized spacial score (nSPS) is 24.0. The Labute approximate surface area is 74.3 Å². The van der Waals surface area contributed by atoms with E-state index < -0.39 is 5.60 Å². The molecule has 3 nitrogen and oxygen atoms in total. The molecule has 4 N–H and O–H groups in total. The lowest BCUT2D eigenvalue weighted by Gasteiger charge is -2.44.